The molecule has 3 heteroatoms. The van der Waals surface area contributed by atoms with Crippen molar-refractivity contribution in [3.8, 4) is 11.5 Å². The minimum atomic E-state index is 0.176. The van der Waals surface area contributed by atoms with E-state index in [4.69, 9.17) is 9.84 Å². The first kappa shape index (κ1) is 10.9. The van der Waals surface area contributed by atoms with Crippen LogP contribution in [0.15, 0.2) is 24.3 Å². The predicted molar refractivity (Wildman–Crippen MR) is 54.5 cm³/mol. The third-order valence-corrected chi connectivity index (χ3v) is 1.93. The van der Waals surface area contributed by atoms with Crippen LogP contribution in [-0.4, -0.2) is 23.4 Å². The van der Waals surface area contributed by atoms with Crippen LogP contribution < -0.4 is 4.74 Å². The lowest BCUT2D eigenvalue weighted by Crippen LogP contribution is -1.97. The van der Waals surface area contributed by atoms with Crippen LogP contribution in [0.1, 0.15) is 19.3 Å². The Labute approximate surface area is 84.0 Å². The van der Waals surface area contributed by atoms with Crippen LogP contribution in [0.4, 0.5) is 0 Å². The van der Waals surface area contributed by atoms with E-state index >= 15 is 0 Å². The Morgan fingerprint density at radius 1 is 1.07 bits per heavy atom. The molecule has 0 aliphatic rings. The van der Waals surface area contributed by atoms with Crippen molar-refractivity contribution in [1.29, 1.82) is 0 Å². The van der Waals surface area contributed by atoms with E-state index in [9.17, 15) is 5.11 Å². The molecule has 0 saturated heterocycles. The van der Waals surface area contributed by atoms with Crippen LogP contribution in [0.25, 0.3) is 0 Å². The van der Waals surface area contributed by atoms with Gasteiger partial charge in [0, 0.05) is 6.61 Å². The van der Waals surface area contributed by atoms with Crippen LogP contribution in [-0.2, 0) is 0 Å². The highest BCUT2D eigenvalue weighted by Crippen LogP contribution is 2.24. The van der Waals surface area contributed by atoms with Gasteiger partial charge in [0.25, 0.3) is 0 Å². The van der Waals surface area contributed by atoms with E-state index in [-0.39, 0.29) is 12.4 Å². The minimum Gasteiger partial charge on any atom is -0.504 e. The first-order valence-corrected chi connectivity index (χ1v) is 4.86. The predicted octanol–water partition coefficient (Wildman–Crippen LogP) is 1.93. The molecule has 0 heterocycles. The average molecular weight is 196 g/mol. The van der Waals surface area contributed by atoms with Gasteiger partial charge in [-0.2, -0.15) is 0 Å². The highest BCUT2D eigenvalue weighted by Gasteiger charge is 1.98. The topological polar surface area (TPSA) is 49.7 Å². The van der Waals surface area contributed by atoms with Crippen molar-refractivity contribution in [3.63, 3.8) is 0 Å². The number of ether oxygens (including phenoxy) is 1. The van der Waals surface area contributed by atoms with Gasteiger partial charge in [-0.1, -0.05) is 12.1 Å². The van der Waals surface area contributed by atoms with Crippen LogP contribution in [0.2, 0.25) is 0 Å². The van der Waals surface area contributed by atoms with Crippen molar-refractivity contribution in [2.45, 2.75) is 19.3 Å². The smallest absolute Gasteiger partial charge is 0.160 e. The van der Waals surface area contributed by atoms with Gasteiger partial charge in [-0.05, 0) is 31.4 Å². The molecule has 0 bridgehead atoms. The molecule has 0 spiro atoms. The Balaban J connectivity index is 2.21. The molecule has 3 nitrogen and oxygen atoms in total. The summed E-state index contributed by atoms with van der Waals surface area (Å²) in [6.45, 7) is 0.814. The van der Waals surface area contributed by atoms with Crippen LogP contribution in [0, 0.1) is 0 Å². The maximum atomic E-state index is 9.35. The Bertz CT molecular complexity index is 260. The Kier molecular flexibility index (Phi) is 4.86. The van der Waals surface area contributed by atoms with E-state index in [1.165, 1.54) is 0 Å². The van der Waals surface area contributed by atoms with Crippen molar-refractivity contribution in [2.24, 2.45) is 0 Å². The molecule has 1 aromatic carbocycles. The summed E-state index contributed by atoms with van der Waals surface area (Å²) < 4.78 is 5.35. The van der Waals surface area contributed by atoms with Gasteiger partial charge in [0.15, 0.2) is 11.5 Å². The number of unbranched alkanes of at least 4 members (excludes halogenated alkanes) is 2. The summed E-state index contributed by atoms with van der Waals surface area (Å²) in [6, 6.07) is 6.92. The molecule has 0 aliphatic heterocycles. The van der Waals surface area contributed by atoms with Crippen molar-refractivity contribution in [2.75, 3.05) is 13.2 Å². The second-order valence-corrected chi connectivity index (χ2v) is 3.10. The number of phenols is 1. The number of para-hydroxylation sites is 2. The number of phenolic OH excluding ortho intramolecular Hbond substituents is 1. The number of aliphatic hydroxyl groups excluding tert-OH is 1. The van der Waals surface area contributed by atoms with Crippen LogP contribution in [0.5, 0.6) is 11.5 Å². The molecule has 0 amide bonds. The van der Waals surface area contributed by atoms with Gasteiger partial charge in [-0.3, -0.25) is 0 Å². The molecule has 0 aromatic heterocycles. The van der Waals surface area contributed by atoms with Crippen molar-refractivity contribution < 1.29 is 14.9 Å². The SMILES string of the molecule is OCCCCCOc1ccccc1O. The summed E-state index contributed by atoms with van der Waals surface area (Å²) >= 11 is 0. The summed E-state index contributed by atoms with van der Waals surface area (Å²) in [5.74, 6) is 0.700. The minimum absolute atomic E-state index is 0.176. The first-order valence-electron chi connectivity index (χ1n) is 4.86. The van der Waals surface area contributed by atoms with Crippen LogP contribution >= 0.6 is 0 Å². The van der Waals surface area contributed by atoms with E-state index < -0.39 is 0 Å². The third kappa shape index (κ3) is 3.66. The monoisotopic (exact) mass is 196 g/mol. The number of aliphatic hydroxyl groups is 1. The molecule has 78 valence electrons. The standard InChI is InChI=1S/C11H16O3/c12-8-4-1-5-9-14-11-7-3-2-6-10(11)13/h2-3,6-7,12-13H,1,4-5,8-9H2. The zero-order valence-electron chi connectivity index (χ0n) is 8.15. The van der Waals surface area contributed by atoms with Gasteiger partial charge in [-0.25, -0.2) is 0 Å². The number of aromatic hydroxyl groups is 1. The lowest BCUT2D eigenvalue weighted by molar-refractivity contribution is 0.261. The normalized spacial score (nSPS) is 10.1. The zero-order valence-corrected chi connectivity index (χ0v) is 8.15. The summed E-state index contributed by atoms with van der Waals surface area (Å²) in [5, 5.41) is 17.9. The molecule has 0 saturated carbocycles. The van der Waals surface area contributed by atoms with E-state index in [1.54, 1.807) is 18.2 Å². The first-order chi connectivity index (χ1) is 6.84. The highest BCUT2D eigenvalue weighted by atomic mass is 16.5. The summed E-state index contributed by atoms with van der Waals surface area (Å²) in [5.41, 5.74) is 0. The molecule has 0 atom stereocenters. The fraction of sp³-hybridized carbons (Fsp3) is 0.455. The second kappa shape index (κ2) is 6.27. The number of hydrogen-bond acceptors (Lipinski definition) is 3. The summed E-state index contributed by atoms with van der Waals surface area (Å²) in [6.07, 6.45) is 2.66. The Hall–Kier alpha value is -1.22. The second-order valence-electron chi connectivity index (χ2n) is 3.10. The fourth-order valence-corrected chi connectivity index (χ4v) is 1.15. The van der Waals surface area contributed by atoms with Crippen LogP contribution in [0.3, 0.4) is 0 Å². The molecule has 14 heavy (non-hydrogen) atoms. The molecular formula is C11H16O3. The Morgan fingerprint density at radius 3 is 2.57 bits per heavy atom. The quantitative estimate of drug-likeness (QED) is 0.683. The number of benzene rings is 1. The molecule has 1 aromatic rings. The molecule has 0 radical (unpaired) electrons. The lowest BCUT2D eigenvalue weighted by Gasteiger charge is -2.06. The molecule has 0 fully saturated rings. The van der Waals surface area contributed by atoms with Crippen molar-refractivity contribution >= 4 is 0 Å². The zero-order chi connectivity index (χ0) is 10.2. The fourth-order valence-electron chi connectivity index (χ4n) is 1.15. The van der Waals surface area contributed by atoms with Gasteiger partial charge >= 0.3 is 0 Å². The molecule has 1 rings (SSSR count). The summed E-state index contributed by atoms with van der Waals surface area (Å²) in [4.78, 5) is 0. The van der Waals surface area contributed by atoms with Gasteiger partial charge in [0.05, 0.1) is 6.61 Å². The molecule has 0 aliphatic carbocycles. The van der Waals surface area contributed by atoms with Crippen molar-refractivity contribution in [1.82, 2.24) is 0 Å². The largest absolute Gasteiger partial charge is 0.504 e. The third-order valence-electron chi connectivity index (χ3n) is 1.93. The van der Waals surface area contributed by atoms with Gasteiger partial charge < -0.3 is 14.9 Å². The molecule has 0 unspecified atom stereocenters. The number of rotatable bonds is 6. The lowest BCUT2D eigenvalue weighted by atomic mass is 10.2. The van der Waals surface area contributed by atoms with Gasteiger partial charge in [-0.15, -0.1) is 0 Å². The molecule has 2 N–H and O–H groups in total. The van der Waals surface area contributed by atoms with Gasteiger partial charge in [0.1, 0.15) is 0 Å². The Morgan fingerprint density at radius 2 is 1.86 bits per heavy atom. The van der Waals surface area contributed by atoms with Crippen molar-refractivity contribution in [3.05, 3.63) is 24.3 Å². The maximum absolute atomic E-state index is 9.35. The number of hydrogen-bond donors (Lipinski definition) is 2. The maximum Gasteiger partial charge on any atom is 0.160 e. The van der Waals surface area contributed by atoms with E-state index in [0.29, 0.717) is 12.4 Å². The van der Waals surface area contributed by atoms with E-state index in [0.717, 1.165) is 19.3 Å². The molecular weight excluding hydrogens is 180 g/mol. The average Bonchev–Trinajstić information content (AvgIpc) is 2.20. The van der Waals surface area contributed by atoms with E-state index in [2.05, 4.69) is 0 Å². The van der Waals surface area contributed by atoms with E-state index in [1.807, 2.05) is 6.07 Å². The summed E-state index contributed by atoms with van der Waals surface area (Å²) in [7, 11) is 0. The highest BCUT2D eigenvalue weighted by molar-refractivity contribution is 5.37. The van der Waals surface area contributed by atoms with Gasteiger partial charge in [0.2, 0.25) is 0 Å².